The van der Waals surface area contributed by atoms with E-state index in [0.717, 1.165) is 30.1 Å². The molecule has 0 aliphatic heterocycles. The highest BCUT2D eigenvalue weighted by molar-refractivity contribution is 6.01. The Kier molecular flexibility index (Phi) is 2.99. The van der Waals surface area contributed by atoms with E-state index in [-0.39, 0.29) is 11.2 Å². The average molecular weight is 325 g/mol. The summed E-state index contributed by atoms with van der Waals surface area (Å²) in [5.41, 5.74) is 2.78. The maximum absolute atomic E-state index is 11.9. The summed E-state index contributed by atoms with van der Waals surface area (Å²) < 4.78 is 0. The molecule has 5 aliphatic rings. The lowest BCUT2D eigenvalue weighted by atomic mass is 9.45. The van der Waals surface area contributed by atoms with Crippen LogP contribution in [0.2, 0.25) is 0 Å². The minimum absolute atomic E-state index is 0.163. The lowest BCUT2D eigenvalue weighted by Gasteiger charge is -2.59. The molecule has 1 unspecified atom stereocenters. The predicted octanol–water partition coefficient (Wildman–Crippen LogP) is 5.71. The van der Waals surface area contributed by atoms with Gasteiger partial charge in [-0.05, 0) is 98.0 Å². The molecule has 130 valence electrons. The highest BCUT2D eigenvalue weighted by atomic mass is 16.1. The summed E-state index contributed by atoms with van der Waals surface area (Å²) in [5, 5.41) is 0. The van der Waals surface area contributed by atoms with Gasteiger partial charge in [0.25, 0.3) is 0 Å². The van der Waals surface area contributed by atoms with E-state index in [4.69, 9.17) is 0 Å². The SMILES string of the molecule is C[C@]12C=CC(=O)C=C1CCC1[C@@H]2CC[C@@]2(C)[C@H]1CC[C@]2(C)C1CC1. The van der Waals surface area contributed by atoms with Crippen LogP contribution in [0.4, 0.5) is 0 Å². The molecule has 0 heterocycles. The van der Waals surface area contributed by atoms with Gasteiger partial charge >= 0.3 is 0 Å². The summed E-state index contributed by atoms with van der Waals surface area (Å²) in [5.74, 6) is 3.80. The Labute approximate surface area is 147 Å². The first-order valence-electron chi connectivity index (χ1n) is 10.3. The number of allylic oxidation sites excluding steroid dienone is 4. The summed E-state index contributed by atoms with van der Waals surface area (Å²) >= 11 is 0. The van der Waals surface area contributed by atoms with E-state index in [1.54, 1.807) is 0 Å². The van der Waals surface area contributed by atoms with Gasteiger partial charge in [-0.25, -0.2) is 0 Å². The smallest absolute Gasteiger partial charge is 0.178 e. The van der Waals surface area contributed by atoms with Crippen LogP contribution >= 0.6 is 0 Å². The van der Waals surface area contributed by atoms with Crippen molar-refractivity contribution in [2.24, 2.45) is 39.9 Å². The quantitative estimate of drug-likeness (QED) is 0.603. The fourth-order valence-electron chi connectivity index (χ4n) is 7.89. The first-order valence-corrected chi connectivity index (χ1v) is 10.3. The van der Waals surface area contributed by atoms with E-state index in [0.29, 0.717) is 10.8 Å². The van der Waals surface area contributed by atoms with Crippen LogP contribution in [0.3, 0.4) is 0 Å². The molecule has 6 atom stereocenters. The fourth-order valence-corrected chi connectivity index (χ4v) is 7.89. The molecule has 0 amide bonds. The highest BCUT2D eigenvalue weighted by Gasteiger charge is 2.65. The lowest BCUT2D eigenvalue weighted by molar-refractivity contribution is -0.111. The summed E-state index contributed by atoms with van der Waals surface area (Å²) in [4.78, 5) is 11.9. The maximum atomic E-state index is 11.9. The molecule has 0 spiro atoms. The first-order chi connectivity index (χ1) is 11.4. The van der Waals surface area contributed by atoms with Gasteiger partial charge in [0.1, 0.15) is 0 Å². The second kappa shape index (κ2) is 4.65. The molecule has 4 saturated carbocycles. The van der Waals surface area contributed by atoms with Gasteiger partial charge in [-0.2, -0.15) is 0 Å². The molecule has 0 saturated heterocycles. The van der Waals surface area contributed by atoms with Crippen LogP contribution in [0.1, 0.15) is 72.1 Å². The van der Waals surface area contributed by atoms with Crippen LogP contribution in [0.15, 0.2) is 23.8 Å². The number of fused-ring (bicyclic) bond motifs is 5. The first kappa shape index (κ1) is 15.4. The number of hydrogen-bond acceptors (Lipinski definition) is 1. The van der Waals surface area contributed by atoms with Gasteiger partial charge < -0.3 is 0 Å². The van der Waals surface area contributed by atoms with Gasteiger partial charge in [-0.1, -0.05) is 32.4 Å². The Balaban J connectivity index is 1.51. The zero-order valence-electron chi connectivity index (χ0n) is 15.6. The van der Waals surface area contributed by atoms with Gasteiger partial charge in [0.2, 0.25) is 0 Å². The van der Waals surface area contributed by atoms with Crippen LogP contribution in [-0.4, -0.2) is 5.78 Å². The maximum Gasteiger partial charge on any atom is 0.178 e. The summed E-state index contributed by atoms with van der Waals surface area (Å²) in [6.45, 7) is 7.73. The molecular weight excluding hydrogens is 292 g/mol. The van der Waals surface area contributed by atoms with Gasteiger partial charge in [0.05, 0.1) is 0 Å². The number of ketones is 1. The van der Waals surface area contributed by atoms with E-state index in [9.17, 15) is 4.79 Å². The van der Waals surface area contributed by atoms with E-state index < -0.39 is 0 Å². The van der Waals surface area contributed by atoms with Crippen LogP contribution in [-0.2, 0) is 4.79 Å². The molecule has 0 aromatic carbocycles. The monoisotopic (exact) mass is 324 g/mol. The highest BCUT2D eigenvalue weighted by Crippen LogP contribution is 2.73. The Morgan fingerprint density at radius 2 is 1.62 bits per heavy atom. The zero-order chi connectivity index (χ0) is 16.7. The minimum Gasteiger partial charge on any atom is -0.290 e. The van der Waals surface area contributed by atoms with Crippen LogP contribution in [0.25, 0.3) is 0 Å². The fraction of sp³-hybridized carbons (Fsp3) is 0.783. The van der Waals surface area contributed by atoms with Crippen LogP contribution in [0.5, 0.6) is 0 Å². The van der Waals surface area contributed by atoms with Crippen molar-refractivity contribution in [1.82, 2.24) is 0 Å². The van der Waals surface area contributed by atoms with Gasteiger partial charge in [0.15, 0.2) is 5.78 Å². The predicted molar refractivity (Wildman–Crippen MR) is 97.4 cm³/mol. The van der Waals surface area contributed by atoms with E-state index in [2.05, 4.69) is 26.8 Å². The normalized spacial score (nSPS) is 53.2. The molecule has 0 radical (unpaired) electrons. The van der Waals surface area contributed by atoms with Gasteiger partial charge in [-0.3, -0.25) is 4.79 Å². The van der Waals surface area contributed by atoms with Crippen LogP contribution < -0.4 is 0 Å². The van der Waals surface area contributed by atoms with Gasteiger partial charge in [-0.15, -0.1) is 0 Å². The van der Waals surface area contributed by atoms with Crippen molar-refractivity contribution >= 4 is 5.78 Å². The van der Waals surface area contributed by atoms with Crippen molar-refractivity contribution in [3.63, 3.8) is 0 Å². The summed E-state index contributed by atoms with van der Waals surface area (Å²) in [6, 6.07) is 0. The molecular formula is C23H32O. The van der Waals surface area contributed by atoms with Crippen molar-refractivity contribution in [2.75, 3.05) is 0 Å². The molecule has 0 N–H and O–H groups in total. The summed E-state index contributed by atoms with van der Waals surface area (Å²) in [6.07, 6.45) is 17.3. The Hall–Kier alpha value is -0.850. The number of carbonyl (C=O) groups excluding carboxylic acids is 1. The number of carbonyl (C=O) groups is 1. The lowest BCUT2D eigenvalue weighted by Crippen LogP contribution is -2.51. The van der Waals surface area contributed by atoms with Gasteiger partial charge in [0, 0.05) is 5.41 Å². The molecule has 1 heteroatoms. The Bertz CT molecular complexity index is 653. The largest absolute Gasteiger partial charge is 0.290 e. The van der Waals surface area contributed by atoms with Crippen molar-refractivity contribution in [3.05, 3.63) is 23.8 Å². The standard InChI is InChI=1S/C23H32O/c1-21-11-8-17(24)14-16(21)6-7-18-19(21)9-13-23(3)20(18)10-12-22(23,2)15-4-5-15/h8,11,14-15,18-20H,4-7,9-10,12-13H2,1-3H3/t18?,19-,20-,21-,22+,23-/m0/s1. The molecule has 0 bridgehead atoms. The molecule has 1 nitrogen and oxygen atoms in total. The second-order valence-electron chi connectivity index (χ2n) is 10.3. The molecule has 24 heavy (non-hydrogen) atoms. The van der Waals surface area contributed by atoms with E-state index in [1.807, 2.05) is 12.2 Å². The van der Waals surface area contributed by atoms with Crippen LogP contribution in [0, 0.1) is 39.9 Å². The molecule has 4 fully saturated rings. The van der Waals surface area contributed by atoms with Crippen molar-refractivity contribution in [2.45, 2.75) is 72.1 Å². The number of rotatable bonds is 1. The molecule has 5 aliphatic carbocycles. The second-order valence-corrected chi connectivity index (χ2v) is 10.3. The average Bonchev–Trinajstić information content (AvgIpc) is 3.36. The zero-order valence-corrected chi connectivity index (χ0v) is 15.6. The minimum atomic E-state index is 0.163. The molecule has 5 rings (SSSR count). The summed E-state index contributed by atoms with van der Waals surface area (Å²) in [7, 11) is 0. The topological polar surface area (TPSA) is 17.1 Å². The van der Waals surface area contributed by atoms with E-state index in [1.165, 1.54) is 50.5 Å². The number of hydrogen-bond donors (Lipinski definition) is 0. The van der Waals surface area contributed by atoms with Crippen molar-refractivity contribution in [1.29, 1.82) is 0 Å². The third-order valence-electron chi connectivity index (χ3n) is 9.70. The third kappa shape index (κ3) is 1.75. The van der Waals surface area contributed by atoms with Crippen molar-refractivity contribution in [3.8, 4) is 0 Å². The van der Waals surface area contributed by atoms with Crippen molar-refractivity contribution < 1.29 is 4.79 Å². The Morgan fingerprint density at radius 3 is 2.38 bits per heavy atom. The third-order valence-corrected chi connectivity index (χ3v) is 9.70. The molecule has 0 aromatic rings. The van der Waals surface area contributed by atoms with E-state index >= 15 is 0 Å². The Morgan fingerprint density at radius 1 is 0.917 bits per heavy atom. The molecule has 0 aromatic heterocycles.